The van der Waals surface area contributed by atoms with E-state index >= 15 is 0 Å². The highest BCUT2D eigenvalue weighted by Crippen LogP contribution is 2.22. The zero-order valence-corrected chi connectivity index (χ0v) is 19.7. The van der Waals surface area contributed by atoms with Crippen molar-refractivity contribution in [1.82, 2.24) is 20.4 Å². The van der Waals surface area contributed by atoms with E-state index in [1.54, 1.807) is 0 Å². The predicted octanol–water partition coefficient (Wildman–Crippen LogP) is 4.46. The lowest BCUT2D eigenvalue weighted by Crippen LogP contribution is -2.45. The fourth-order valence-electron chi connectivity index (χ4n) is 3.82. The quantitative estimate of drug-likeness (QED) is 0.314. The number of aromatic nitrogens is 2. The van der Waals surface area contributed by atoms with Gasteiger partial charge in [-0.25, -0.2) is 0 Å². The predicted molar refractivity (Wildman–Crippen MR) is 131 cm³/mol. The normalized spacial score (nSPS) is 16.4. The standard InChI is InChI=1S/C23H29N5.HI/c1-16(2)28-15-20-10-11-21(13-22(20)27-28)26-23(24-3)25-14-17-8-9-18-6-4-5-7-19(18)12-17;/h4-9,12,15-16,21H,10-11,13-14H2,1-3H3,(H2,24,25,26);1H. The Labute approximate surface area is 190 Å². The maximum Gasteiger partial charge on any atom is 0.191 e. The van der Waals surface area contributed by atoms with Crippen LogP contribution >= 0.6 is 24.0 Å². The number of aliphatic imine (C=N–C) groups is 1. The summed E-state index contributed by atoms with van der Waals surface area (Å²) in [6.07, 6.45) is 5.34. The number of nitrogens with zero attached hydrogens (tertiary/aromatic N) is 3. The van der Waals surface area contributed by atoms with Crippen molar-refractivity contribution in [2.45, 2.75) is 51.7 Å². The molecule has 2 N–H and O–H groups in total. The van der Waals surface area contributed by atoms with E-state index in [0.29, 0.717) is 12.1 Å². The van der Waals surface area contributed by atoms with Crippen LogP contribution in [0.2, 0.25) is 0 Å². The monoisotopic (exact) mass is 503 g/mol. The summed E-state index contributed by atoms with van der Waals surface area (Å²) in [6.45, 7) is 5.10. The van der Waals surface area contributed by atoms with Crippen LogP contribution in [0.5, 0.6) is 0 Å². The molecule has 1 atom stereocenters. The Balaban J connectivity index is 0.00000240. The number of nitrogens with one attached hydrogen (secondary N) is 2. The van der Waals surface area contributed by atoms with Gasteiger partial charge in [-0.2, -0.15) is 5.10 Å². The third kappa shape index (κ3) is 5.10. The number of hydrogen-bond donors (Lipinski definition) is 2. The molecule has 0 fully saturated rings. The molecule has 1 heterocycles. The Hall–Kier alpha value is -2.09. The third-order valence-electron chi connectivity index (χ3n) is 5.46. The van der Waals surface area contributed by atoms with Crippen molar-refractivity contribution in [2.24, 2.45) is 4.99 Å². The first kappa shape index (κ1) is 21.6. The van der Waals surface area contributed by atoms with E-state index in [4.69, 9.17) is 5.10 Å². The van der Waals surface area contributed by atoms with Crippen LogP contribution in [0.25, 0.3) is 10.8 Å². The number of fused-ring (bicyclic) bond motifs is 2. The van der Waals surface area contributed by atoms with Gasteiger partial charge < -0.3 is 10.6 Å². The average Bonchev–Trinajstić information content (AvgIpc) is 3.14. The van der Waals surface area contributed by atoms with Crippen molar-refractivity contribution < 1.29 is 0 Å². The molecule has 4 rings (SSSR count). The Kier molecular flexibility index (Phi) is 7.16. The van der Waals surface area contributed by atoms with Gasteiger partial charge in [0.05, 0.1) is 5.69 Å². The van der Waals surface area contributed by atoms with Crippen molar-refractivity contribution in [1.29, 1.82) is 0 Å². The fraction of sp³-hybridized carbons (Fsp3) is 0.391. The molecule has 0 bridgehead atoms. The fourth-order valence-corrected chi connectivity index (χ4v) is 3.82. The molecule has 1 aliphatic rings. The molecule has 0 spiro atoms. The van der Waals surface area contributed by atoms with E-state index in [-0.39, 0.29) is 24.0 Å². The van der Waals surface area contributed by atoms with E-state index in [9.17, 15) is 0 Å². The number of benzene rings is 2. The van der Waals surface area contributed by atoms with Gasteiger partial charge in [0.2, 0.25) is 0 Å². The topological polar surface area (TPSA) is 54.2 Å². The Morgan fingerprint density at radius 3 is 2.76 bits per heavy atom. The van der Waals surface area contributed by atoms with Crippen LogP contribution in [-0.4, -0.2) is 28.8 Å². The molecular weight excluding hydrogens is 473 g/mol. The van der Waals surface area contributed by atoms with E-state index in [2.05, 4.69) is 82.8 Å². The number of hydrogen-bond acceptors (Lipinski definition) is 2. The van der Waals surface area contributed by atoms with Crippen LogP contribution in [0.3, 0.4) is 0 Å². The molecule has 1 aliphatic carbocycles. The molecule has 0 saturated carbocycles. The second-order valence-corrected chi connectivity index (χ2v) is 7.87. The zero-order chi connectivity index (χ0) is 19.5. The minimum Gasteiger partial charge on any atom is -0.353 e. The zero-order valence-electron chi connectivity index (χ0n) is 17.4. The molecule has 1 unspecified atom stereocenters. The van der Waals surface area contributed by atoms with Crippen molar-refractivity contribution in [3.63, 3.8) is 0 Å². The second kappa shape index (κ2) is 9.61. The highest BCUT2D eigenvalue weighted by Gasteiger charge is 2.22. The second-order valence-electron chi connectivity index (χ2n) is 7.87. The summed E-state index contributed by atoms with van der Waals surface area (Å²) in [5.41, 5.74) is 3.87. The lowest BCUT2D eigenvalue weighted by atomic mass is 9.94. The molecule has 5 nitrogen and oxygen atoms in total. The SMILES string of the molecule is CN=C(NCc1ccc2ccccc2c1)NC1CCc2cn(C(C)C)nc2C1.I. The summed E-state index contributed by atoms with van der Waals surface area (Å²) in [4.78, 5) is 4.42. The van der Waals surface area contributed by atoms with Gasteiger partial charge in [-0.15, -0.1) is 24.0 Å². The maximum atomic E-state index is 4.77. The van der Waals surface area contributed by atoms with Crippen LogP contribution in [0.15, 0.2) is 53.7 Å². The summed E-state index contributed by atoms with van der Waals surface area (Å²) in [5.74, 6) is 0.852. The number of aryl methyl sites for hydroxylation is 1. The average molecular weight is 503 g/mol. The smallest absolute Gasteiger partial charge is 0.191 e. The minimum atomic E-state index is 0. The van der Waals surface area contributed by atoms with Gasteiger partial charge in [-0.3, -0.25) is 9.67 Å². The van der Waals surface area contributed by atoms with E-state index in [1.165, 1.54) is 27.6 Å². The number of guanidine groups is 1. The number of rotatable bonds is 4. The van der Waals surface area contributed by atoms with Crippen molar-refractivity contribution in [2.75, 3.05) is 7.05 Å². The highest BCUT2D eigenvalue weighted by molar-refractivity contribution is 14.0. The van der Waals surface area contributed by atoms with E-state index < -0.39 is 0 Å². The van der Waals surface area contributed by atoms with E-state index in [1.807, 2.05) is 7.05 Å². The first-order chi connectivity index (χ1) is 13.6. The van der Waals surface area contributed by atoms with Crippen molar-refractivity contribution in [3.05, 3.63) is 65.5 Å². The van der Waals surface area contributed by atoms with Crippen LogP contribution in [0.4, 0.5) is 0 Å². The Morgan fingerprint density at radius 1 is 1.21 bits per heavy atom. The van der Waals surface area contributed by atoms with Gasteiger partial charge in [-0.05, 0) is 54.7 Å². The molecule has 29 heavy (non-hydrogen) atoms. The van der Waals surface area contributed by atoms with Gasteiger partial charge in [0.15, 0.2) is 5.96 Å². The third-order valence-corrected chi connectivity index (χ3v) is 5.46. The summed E-state index contributed by atoms with van der Waals surface area (Å²) >= 11 is 0. The first-order valence-corrected chi connectivity index (χ1v) is 10.1. The molecular formula is C23H30IN5. The van der Waals surface area contributed by atoms with Gasteiger partial charge in [0.1, 0.15) is 0 Å². The lowest BCUT2D eigenvalue weighted by molar-refractivity contribution is 0.499. The molecule has 2 aromatic carbocycles. The molecule has 0 aliphatic heterocycles. The molecule has 0 saturated heterocycles. The Morgan fingerprint density at radius 2 is 2.00 bits per heavy atom. The van der Waals surface area contributed by atoms with Crippen LogP contribution in [0, 0.1) is 0 Å². The minimum absolute atomic E-state index is 0. The van der Waals surface area contributed by atoms with Crippen molar-refractivity contribution >= 4 is 40.7 Å². The molecule has 154 valence electrons. The van der Waals surface area contributed by atoms with Gasteiger partial charge >= 0.3 is 0 Å². The first-order valence-electron chi connectivity index (χ1n) is 10.1. The van der Waals surface area contributed by atoms with Crippen LogP contribution in [-0.2, 0) is 19.4 Å². The molecule has 6 heteroatoms. The Bertz CT molecular complexity index is 992. The lowest BCUT2D eigenvalue weighted by Gasteiger charge is -2.24. The molecule has 0 radical (unpaired) electrons. The molecule has 1 aromatic heterocycles. The molecule has 0 amide bonds. The summed E-state index contributed by atoms with van der Waals surface area (Å²) in [6, 6.07) is 15.8. The van der Waals surface area contributed by atoms with Gasteiger partial charge in [0, 0.05) is 38.3 Å². The van der Waals surface area contributed by atoms with E-state index in [0.717, 1.165) is 31.8 Å². The molecule has 3 aromatic rings. The largest absolute Gasteiger partial charge is 0.353 e. The van der Waals surface area contributed by atoms with Crippen LogP contribution < -0.4 is 10.6 Å². The summed E-state index contributed by atoms with van der Waals surface area (Å²) < 4.78 is 2.08. The van der Waals surface area contributed by atoms with Crippen molar-refractivity contribution in [3.8, 4) is 0 Å². The number of halogens is 1. The van der Waals surface area contributed by atoms with Crippen LogP contribution in [0.1, 0.15) is 43.1 Å². The summed E-state index contributed by atoms with van der Waals surface area (Å²) in [7, 11) is 1.83. The summed E-state index contributed by atoms with van der Waals surface area (Å²) in [5, 5.41) is 14.4. The van der Waals surface area contributed by atoms with Gasteiger partial charge in [-0.1, -0.05) is 36.4 Å². The van der Waals surface area contributed by atoms with Gasteiger partial charge in [0.25, 0.3) is 0 Å². The highest BCUT2D eigenvalue weighted by atomic mass is 127. The maximum absolute atomic E-state index is 4.77.